The second-order valence-electron chi connectivity index (χ2n) is 6.68. The number of carbonyl (C=O) groups is 1. The molecule has 0 saturated heterocycles. The molecule has 0 aromatic heterocycles. The number of nitro benzene ring substituents is 1. The monoisotopic (exact) mass is 436 g/mol. The third kappa shape index (κ3) is 6.52. The number of benzene rings is 3. The topological polar surface area (TPSA) is 72.2 Å². The highest BCUT2D eigenvalue weighted by atomic mass is 32.2. The van der Waals surface area contributed by atoms with Gasteiger partial charge in [0.25, 0.3) is 11.6 Å². The van der Waals surface area contributed by atoms with Crippen molar-refractivity contribution in [1.82, 2.24) is 5.32 Å². The summed E-state index contributed by atoms with van der Waals surface area (Å²) in [5, 5.41) is 13.9. The second kappa shape index (κ2) is 11.1. The molecule has 0 aliphatic heterocycles. The summed E-state index contributed by atoms with van der Waals surface area (Å²) in [6.45, 7) is 0.414. The van der Waals surface area contributed by atoms with E-state index >= 15 is 0 Å². The van der Waals surface area contributed by atoms with Crippen molar-refractivity contribution in [2.45, 2.75) is 5.75 Å². The summed E-state index contributed by atoms with van der Waals surface area (Å²) in [4.78, 5) is 23.5. The minimum Gasteiger partial charge on any atom is -0.351 e. The SMILES string of the molecule is O=C(NCCSCc1ccccc1F)/C(=C/c1cccc([N+](=O)[O-])c1)c1ccccc1. The maximum Gasteiger partial charge on any atom is 0.270 e. The molecule has 0 atom stereocenters. The normalized spacial score (nSPS) is 11.2. The molecule has 0 saturated carbocycles. The number of thioether (sulfide) groups is 1. The summed E-state index contributed by atoms with van der Waals surface area (Å²) in [5.74, 6) is 0.644. The van der Waals surface area contributed by atoms with Gasteiger partial charge in [0, 0.05) is 35.8 Å². The van der Waals surface area contributed by atoms with Gasteiger partial charge in [-0.25, -0.2) is 4.39 Å². The van der Waals surface area contributed by atoms with Crippen LogP contribution in [0, 0.1) is 15.9 Å². The first-order valence-electron chi connectivity index (χ1n) is 9.65. The van der Waals surface area contributed by atoms with Crippen molar-refractivity contribution < 1.29 is 14.1 Å². The van der Waals surface area contributed by atoms with Crippen molar-refractivity contribution in [1.29, 1.82) is 0 Å². The van der Waals surface area contributed by atoms with Crippen LogP contribution >= 0.6 is 11.8 Å². The Morgan fingerprint density at radius 3 is 2.52 bits per heavy atom. The Labute approximate surface area is 184 Å². The van der Waals surface area contributed by atoms with Crippen molar-refractivity contribution in [2.75, 3.05) is 12.3 Å². The van der Waals surface area contributed by atoms with Gasteiger partial charge in [-0.1, -0.05) is 60.7 Å². The van der Waals surface area contributed by atoms with E-state index in [0.29, 0.717) is 40.3 Å². The van der Waals surface area contributed by atoms with Gasteiger partial charge in [-0.05, 0) is 28.8 Å². The number of rotatable bonds is 9. The zero-order valence-corrected chi connectivity index (χ0v) is 17.5. The summed E-state index contributed by atoms with van der Waals surface area (Å²) >= 11 is 1.53. The lowest BCUT2D eigenvalue weighted by Crippen LogP contribution is -2.26. The number of nitrogens with one attached hydrogen (secondary N) is 1. The number of hydrogen-bond acceptors (Lipinski definition) is 4. The Bertz CT molecular complexity index is 1090. The van der Waals surface area contributed by atoms with E-state index in [1.54, 1.807) is 36.4 Å². The zero-order chi connectivity index (χ0) is 22.1. The van der Waals surface area contributed by atoms with E-state index in [1.165, 1.54) is 30.0 Å². The molecule has 3 aromatic rings. The smallest absolute Gasteiger partial charge is 0.270 e. The minimum atomic E-state index is -0.466. The first kappa shape index (κ1) is 22.2. The quantitative estimate of drug-likeness (QED) is 0.162. The van der Waals surface area contributed by atoms with Crippen LogP contribution in [0.15, 0.2) is 78.9 Å². The Balaban J connectivity index is 1.67. The molecule has 1 amide bonds. The molecular formula is C24H21FN2O3S. The van der Waals surface area contributed by atoms with E-state index in [-0.39, 0.29) is 17.4 Å². The van der Waals surface area contributed by atoms with Gasteiger partial charge in [-0.2, -0.15) is 11.8 Å². The summed E-state index contributed by atoms with van der Waals surface area (Å²) in [7, 11) is 0. The highest BCUT2D eigenvalue weighted by Crippen LogP contribution is 2.21. The average Bonchev–Trinajstić information content (AvgIpc) is 2.79. The highest BCUT2D eigenvalue weighted by Gasteiger charge is 2.13. The van der Waals surface area contributed by atoms with Gasteiger partial charge in [0.1, 0.15) is 5.82 Å². The molecule has 7 heteroatoms. The lowest BCUT2D eigenvalue weighted by Gasteiger charge is -2.10. The number of hydrogen-bond donors (Lipinski definition) is 1. The van der Waals surface area contributed by atoms with E-state index in [9.17, 15) is 19.3 Å². The van der Waals surface area contributed by atoms with Gasteiger partial charge in [0.2, 0.25) is 0 Å². The van der Waals surface area contributed by atoms with Gasteiger partial charge >= 0.3 is 0 Å². The fourth-order valence-corrected chi connectivity index (χ4v) is 3.77. The molecule has 3 rings (SSSR count). The summed E-state index contributed by atoms with van der Waals surface area (Å²) in [6.07, 6.45) is 1.64. The molecule has 0 aliphatic carbocycles. The summed E-state index contributed by atoms with van der Waals surface area (Å²) in [5.41, 5.74) is 2.29. The molecule has 0 radical (unpaired) electrons. The van der Waals surface area contributed by atoms with E-state index in [0.717, 1.165) is 0 Å². The molecular weight excluding hydrogens is 415 g/mol. The van der Waals surface area contributed by atoms with Crippen LogP contribution < -0.4 is 5.32 Å². The fraction of sp³-hybridized carbons (Fsp3) is 0.125. The van der Waals surface area contributed by atoms with Gasteiger partial charge < -0.3 is 5.32 Å². The molecule has 0 fully saturated rings. The second-order valence-corrected chi connectivity index (χ2v) is 7.78. The number of carbonyl (C=O) groups excluding carboxylic acids is 1. The van der Waals surface area contributed by atoms with Crippen LogP contribution in [0.5, 0.6) is 0 Å². The Morgan fingerprint density at radius 1 is 1.03 bits per heavy atom. The van der Waals surface area contributed by atoms with E-state index in [2.05, 4.69) is 5.32 Å². The molecule has 0 bridgehead atoms. The molecule has 31 heavy (non-hydrogen) atoms. The van der Waals surface area contributed by atoms with Crippen LogP contribution in [0.2, 0.25) is 0 Å². The number of nitrogens with zero attached hydrogens (tertiary/aromatic N) is 1. The number of halogens is 1. The van der Waals surface area contributed by atoms with Gasteiger partial charge in [0.05, 0.1) is 4.92 Å². The standard InChI is InChI=1S/C24H21FN2O3S/c25-23-12-5-4-10-20(23)17-31-14-13-26-24(28)22(19-8-2-1-3-9-19)16-18-7-6-11-21(15-18)27(29)30/h1-12,15-16H,13-14,17H2,(H,26,28)/b22-16+. The number of nitro groups is 1. The van der Waals surface area contributed by atoms with Crippen molar-refractivity contribution in [3.05, 3.63) is 111 Å². The third-order valence-electron chi connectivity index (χ3n) is 4.47. The molecule has 158 valence electrons. The Morgan fingerprint density at radius 2 is 1.77 bits per heavy atom. The molecule has 3 aromatic carbocycles. The molecule has 0 unspecified atom stereocenters. The Hall–Kier alpha value is -3.45. The maximum atomic E-state index is 13.7. The molecule has 0 spiro atoms. The molecule has 0 heterocycles. The van der Waals surface area contributed by atoms with E-state index in [4.69, 9.17) is 0 Å². The van der Waals surface area contributed by atoms with Crippen molar-refractivity contribution in [3.8, 4) is 0 Å². The van der Waals surface area contributed by atoms with Gasteiger partial charge in [-0.15, -0.1) is 0 Å². The zero-order valence-electron chi connectivity index (χ0n) is 16.7. The minimum absolute atomic E-state index is 0.0360. The largest absolute Gasteiger partial charge is 0.351 e. The van der Waals surface area contributed by atoms with Gasteiger partial charge in [0.15, 0.2) is 0 Å². The van der Waals surface area contributed by atoms with Crippen LogP contribution in [0.1, 0.15) is 16.7 Å². The van der Waals surface area contributed by atoms with Crippen LogP contribution in [-0.4, -0.2) is 23.1 Å². The lowest BCUT2D eigenvalue weighted by atomic mass is 10.0. The van der Waals surface area contributed by atoms with Crippen molar-refractivity contribution >= 4 is 35.0 Å². The van der Waals surface area contributed by atoms with Crippen LogP contribution in [0.3, 0.4) is 0 Å². The molecule has 0 aliphatic rings. The van der Waals surface area contributed by atoms with Crippen LogP contribution in [-0.2, 0) is 10.5 Å². The number of non-ortho nitro benzene ring substituents is 1. The lowest BCUT2D eigenvalue weighted by molar-refractivity contribution is -0.384. The van der Waals surface area contributed by atoms with E-state index < -0.39 is 4.92 Å². The third-order valence-corrected chi connectivity index (χ3v) is 5.48. The summed E-state index contributed by atoms with van der Waals surface area (Å²) < 4.78 is 13.7. The van der Waals surface area contributed by atoms with Gasteiger partial charge in [-0.3, -0.25) is 14.9 Å². The predicted molar refractivity (Wildman–Crippen MR) is 123 cm³/mol. The van der Waals surface area contributed by atoms with Crippen LogP contribution in [0.4, 0.5) is 10.1 Å². The summed E-state index contributed by atoms with van der Waals surface area (Å²) in [6, 6.07) is 21.9. The molecule has 5 nitrogen and oxygen atoms in total. The average molecular weight is 437 g/mol. The van der Waals surface area contributed by atoms with E-state index in [1.807, 2.05) is 30.3 Å². The fourth-order valence-electron chi connectivity index (χ4n) is 2.92. The van der Waals surface area contributed by atoms with Crippen molar-refractivity contribution in [2.24, 2.45) is 0 Å². The number of amides is 1. The maximum absolute atomic E-state index is 13.7. The van der Waals surface area contributed by atoms with Crippen molar-refractivity contribution in [3.63, 3.8) is 0 Å². The highest BCUT2D eigenvalue weighted by molar-refractivity contribution is 7.98. The first-order valence-corrected chi connectivity index (χ1v) is 10.8. The molecule has 1 N–H and O–H groups in total. The predicted octanol–water partition coefficient (Wildman–Crippen LogP) is 5.32. The Kier molecular flexibility index (Phi) is 7.95. The first-order chi connectivity index (χ1) is 15.0. The van der Waals surface area contributed by atoms with Crippen LogP contribution in [0.25, 0.3) is 11.6 Å².